The Kier molecular flexibility index (Phi) is 4.75. The van der Waals surface area contributed by atoms with Gasteiger partial charge in [0.1, 0.15) is 10.9 Å². The lowest BCUT2D eigenvalue weighted by Gasteiger charge is -2.33. The molecule has 2 aromatic heterocycles. The number of thiophene rings is 1. The van der Waals surface area contributed by atoms with Crippen LogP contribution in [0.1, 0.15) is 57.0 Å². The molecule has 1 aliphatic carbocycles. The smallest absolute Gasteiger partial charge is 0.329 e. The van der Waals surface area contributed by atoms with Crippen molar-refractivity contribution in [2.24, 2.45) is 11.3 Å². The van der Waals surface area contributed by atoms with E-state index in [0.717, 1.165) is 29.7 Å². The molecule has 0 spiro atoms. The van der Waals surface area contributed by atoms with Crippen LogP contribution in [0.2, 0.25) is 0 Å². The van der Waals surface area contributed by atoms with E-state index in [1.807, 2.05) is 6.92 Å². The van der Waals surface area contributed by atoms with Crippen LogP contribution in [0.25, 0.3) is 10.2 Å². The first-order chi connectivity index (χ1) is 11.8. The number of methoxy groups -OCH3 is 1. The van der Waals surface area contributed by atoms with E-state index in [-0.39, 0.29) is 11.0 Å². The van der Waals surface area contributed by atoms with E-state index in [1.54, 1.807) is 11.3 Å². The fourth-order valence-corrected chi connectivity index (χ4v) is 5.01. The van der Waals surface area contributed by atoms with E-state index in [1.165, 1.54) is 22.9 Å². The Labute approximate surface area is 152 Å². The fraction of sp³-hybridized carbons (Fsp3) is 0.632. The van der Waals surface area contributed by atoms with Crippen LogP contribution in [0.5, 0.6) is 0 Å². The molecule has 0 aliphatic heterocycles. The summed E-state index contributed by atoms with van der Waals surface area (Å²) in [7, 11) is 1.35. The normalized spacial score (nSPS) is 18.8. The SMILES string of the molecule is CCC(C(=O)OC)n1cnc2sc3c(c2c1=O)CCC(C(C)(C)C)C3. The first kappa shape index (κ1) is 18.1. The van der Waals surface area contributed by atoms with Crippen molar-refractivity contribution in [2.45, 2.75) is 59.4 Å². The Morgan fingerprint density at radius 2 is 2.20 bits per heavy atom. The van der Waals surface area contributed by atoms with Gasteiger partial charge in [0.25, 0.3) is 5.56 Å². The molecule has 0 bridgehead atoms. The third-order valence-corrected chi connectivity index (χ3v) is 6.58. The summed E-state index contributed by atoms with van der Waals surface area (Å²) < 4.78 is 6.29. The number of aryl methyl sites for hydroxylation is 1. The zero-order valence-electron chi connectivity index (χ0n) is 15.6. The second-order valence-electron chi connectivity index (χ2n) is 7.89. The van der Waals surface area contributed by atoms with Crippen LogP contribution in [-0.4, -0.2) is 22.6 Å². The molecule has 2 atom stereocenters. The zero-order valence-corrected chi connectivity index (χ0v) is 16.4. The topological polar surface area (TPSA) is 61.2 Å². The molecule has 0 saturated heterocycles. The van der Waals surface area contributed by atoms with Crippen LogP contribution in [0, 0.1) is 11.3 Å². The van der Waals surface area contributed by atoms with Gasteiger partial charge in [-0.15, -0.1) is 11.3 Å². The van der Waals surface area contributed by atoms with Gasteiger partial charge in [0.05, 0.1) is 18.8 Å². The molecule has 0 amide bonds. The maximum absolute atomic E-state index is 13.1. The van der Waals surface area contributed by atoms with Gasteiger partial charge in [0, 0.05) is 4.88 Å². The van der Waals surface area contributed by atoms with Gasteiger partial charge in [-0.1, -0.05) is 27.7 Å². The Balaban J connectivity index is 2.09. The van der Waals surface area contributed by atoms with Crippen molar-refractivity contribution in [1.29, 1.82) is 0 Å². The fourth-order valence-electron chi connectivity index (χ4n) is 3.75. The number of ether oxygens (including phenoxy) is 1. The second kappa shape index (κ2) is 6.56. The minimum Gasteiger partial charge on any atom is -0.467 e. The number of nitrogens with zero attached hydrogens (tertiary/aromatic N) is 2. The minimum absolute atomic E-state index is 0.117. The van der Waals surface area contributed by atoms with Gasteiger partial charge < -0.3 is 4.74 Å². The molecule has 0 aromatic carbocycles. The van der Waals surface area contributed by atoms with Crippen molar-refractivity contribution in [3.8, 4) is 0 Å². The first-order valence-corrected chi connectivity index (χ1v) is 9.68. The Hall–Kier alpha value is -1.69. The summed E-state index contributed by atoms with van der Waals surface area (Å²) in [5, 5.41) is 0.706. The monoisotopic (exact) mass is 362 g/mol. The van der Waals surface area contributed by atoms with E-state index in [2.05, 4.69) is 25.8 Å². The summed E-state index contributed by atoms with van der Waals surface area (Å²) in [4.78, 5) is 31.7. The predicted molar refractivity (Wildman–Crippen MR) is 100 cm³/mol. The Bertz CT molecular complexity index is 860. The number of carbonyl (C=O) groups excluding carboxylic acids is 1. The van der Waals surface area contributed by atoms with Crippen LogP contribution in [0.3, 0.4) is 0 Å². The summed E-state index contributed by atoms with van der Waals surface area (Å²) in [6.07, 6.45) is 5.00. The number of hydrogen-bond donors (Lipinski definition) is 0. The van der Waals surface area contributed by atoms with Gasteiger partial charge >= 0.3 is 5.97 Å². The molecule has 25 heavy (non-hydrogen) atoms. The number of hydrogen-bond acceptors (Lipinski definition) is 5. The lowest BCUT2D eigenvalue weighted by molar-refractivity contribution is -0.144. The third kappa shape index (κ3) is 3.12. The lowest BCUT2D eigenvalue weighted by atomic mass is 9.72. The van der Waals surface area contributed by atoms with Gasteiger partial charge in [-0.25, -0.2) is 9.78 Å². The molecule has 6 heteroatoms. The average Bonchev–Trinajstić information content (AvgIpc) is 2.94. The van der Waals surface area contributed by atoms with E-state index >= 15 is 0 Å². The van der Waals surface area contributed by atoms with E-state index < -0.39 is 12.0 Å². The van der Waals surface area contributed by atoms with Crippen LogP contribution >= 0.6 is 11.3 Å². The number of esters is 1. The second-order valence-corrected chi connectivity index (χ2v) is 8.98. The van der Waals surface area contributed by atoms with Crippen molar-refractivity contribution < 1.29 is 9.53 Å². The van der Waals surface area contributed by atoms with Crippen molar-refractivity contribution in [1.82, 2.24) is 9.55 Å². The lowest BCUT2D eigenvalue weighted by Crippen LogP contribution is -2.31. The van der Waals surface area contributed by atoms with Crippen molar-refractivity contribution in [3.05, 3.63) is 27.1 Å². The highest BCUT2D eigenvalue weighted by molar-refractivity contribution is 7.18. The molecule has 2 aromatic rings. The third-order valence-electron chi connectivity index (χ3n) is 5.41. The number of rotatable bonds is 3. The van der Waals surface area contributed by atoms with Crippen LogP contribution < -0.4 is 5.56 Å². The van der Waals surface area contributed by atoms with Crippen molar-refractivity contribution >= 4 is 27.5 Å². The predicted octanol–water partition coefficient (Wildman–Crippen LogP) is 3.73. The number of aromatic nitrogens is 2. The standard InChI is InChI=1S/C19H26N2O3S/c1-6-13(18(23)24-5)21-10-20-16-15(17(21)22)12-8-7-11(19(2,3)4)9-14(12)25-16/h10-11,13H,6-9H2,1-5H3. The maximum atomic E-state index is 13.1. The van der Waals surface area contributed by atoms with Gasteiger partial charge in [0.2, 0.25) is 0 Å². The average molecular weight is 362 g/mol. The summed E-state index contributed by atoms with van der Waals surface area (Å²) >= 11 is 1.64. The quantitative estimate of drug-likeness (QED) is 0.781. The molecule has 0 saturated carbocycles. The molecule has 0 fully saturated rings. The highest BCUT2D eigenvalue weighted by Crippen LogP contribution is 2.42. The molecule has 5 nitrogen and oxygen atoms in total. The first-order valence-electron chi connectivity index (χ1n) is 8.87. The molecular formula is C19H26N2O3S. The summed E-state index contributed by atoms with van der Waals surface area (Å²) in [6.45, 7) is 8.71. The molecule has 1 aliphatic rings. The van der Waals surface area contributed by atoms with Gasteiger partial charge in [0.15, 0.2) is 0 Å². The van der Waals surface area contributed by atoms with Crippen molar-refractivity contribution in [2.75, 3.05) is 7.11 Å². The van der Waals surface area contributed by atoms with Crippen LogP contribution in [0.4, 0.5) is 0 Å². The summed E-state index contributed by atoms with van der Waals surface area (Å²) in [6, 6.07) is -0.615. The number of carbonyl (C=O) groups is 1. The van der Waals surface area contributed by atoms with Crippen LogP contribution in [0.15, 0.2) is 11.1 Å². The maximum Gasteiger partial charge on any atom is 0.329 e. The highest BCUT2D eigenvalue weighted by Gasteiger charge is 2.32. The molecule has 2 unspecified atom stereocenters. The van der Waals surface area contributed by atoms with Crippen LogP contribution in [-0.2, 0) is 22.4 Å². The largest absolute Gasteiger partial charge is 0.467 e. The Morgan fingerprint density at radius 1 is 1.48 bits per heavy atom. The molecule has 2 heterocycles. The number of fused-ring (bicyclic) bond motifs is 3. The van der Waals surface area contributed by atoms with E-state index in [9.17, 15) is 9.59 Å². The molecule has 0 radical (unpaired) electrons. The van der Waals surface area contributed by atoms with Gasteiger partial charge in [-0.05, 0) is 42.6 Å². The van der Waals surface area contributed by atoms with E-state index in [0.29, 0.717) is 17.7 Å². The molecule has 136 valence electrons. The summed E-state index contributed by atoms with van der Waals surface area (Å²) in [5.41, 5.74) is 1.29. The van der Waals surface area contributed by atoms with Gasteiger partial charge in [-0.3, -0.25) is 9.36 Å². The summed E-state index contributed by atoms with van der Waals surface area (Å²) in [5.74, 6) is 0.219. The molecular weight excluding hydrogens is 336 g/mol. The molecule has 0 N–H and O–H groups in total. The highest BCUT2D eigenvalue weighted by atomic mass is 32.1. The zero-order chi connectivity index (χ0) is 18.4. The Morgan fingerprint density at radius 3 is 2.80 bits per heavy atom. The van der Waals surface area contributed by atoms with Gasteiger partial charge in [-0.2, -0.15) is 0 Å². The minimum atomic E-state index is -0.615. The van der Waals surface area contributed by atoms with E-state index in [4.69, 9.17) is 4.74 Å². The molecule has 3 rings (SSSR count). The van der Waals surface area contributed by atoms with Crippen molar-refractivity contribution in [3.63, 3.8) is 0 Å².